The van der Waals surface area contributed by atoms with Gasteiger partial charge in [0.15, 0.2) is 0 Å². The molecular formula is C68H96N6S2. The second kappa shape index (κ2) is 26.9. The van der Waals surface area contributed by atoms with Crippen LogP contribution in [0.5, 0.6) is 0 Å². The van der Waals surface area contributed by atoms with Gasteiger partial charge < -0.3 is 29.4 Å². The summed E-state index contributed by atoms with van der Waals surface area (Å²) in [6, 6.07) is 44.2. The predicted octanol–water partition coefficient (Wildman–Crippen LogP) is 17.3. The van der Waals surface area contributed by atoms with Crippen LogP contribution in [-0.4, -0.2) is 78.5 Å². The molecule has 0 aliphatic rings. The van der Waals surface area contributed by atoms with Crippen molar-refractivity contribution in [1.29, 1.82) is 0 Å². The van der Waals surface area contributed by atoms with E-state index >= 15 is 0 Å². The Balaban J connectivity index is 1.86. The lowest BCUT2D eigenvalue weighted by Gasteiger charge is -2.44. The van der Waals surface area contributed by atoms with Crippen molar-refractivity contribution in [2.75, 3.05) is 108 Å². The first-order chi connectivity index (χ1) is 36.6. The average Bonchev–Trinajstić information content (AvgIpc) is 3.48. The number of anilines is 6. The van der Waals surface area contributed by atoms with Crippen molar-refractivity contribution >= 4 is 55.7 Å². The molecule has 6 aromatic rings. The van der Waals surface area contributed by atoms with Crippen molar-refractivity contribution in [3.8, 4) is 0 Å². The molecule has 410 valence electrons. The highest BCUT2D eigenvalue weighted by Gasteiger charge is 2.48. The minimum Gasteiger partial charge on any atom is -0.372 e. The molecule has 0 amide bonds. The Morgan fingerprint density at radius 3 is 0.474 bits per heavy atom. The van der Waals surface area contributed by atoms with Crippen LogP contribution in [0, 0.1) is 41.5 Å². The first-order valence-electron chi connectivity index (χ1n) is 29.1. The van der Waals surface area contributed by atoms with Crippen molar-refractivity contribution in [3.63, 3.8) is 0 Å². The quantitative estimate of drug-likeness (QED) is 0.0371. The molecule has 0 saturated carbocycles. The first-order valence-corrected chi connectivity index (χ1v) is 31.3. The fourth-order valence-corrected chi connectivity index (χ4v) is 16.8. The summed E-state index contributed by atoms with van der Waals surface area (Å²) in [7, 11) is 4.14. The van der Waals surface area contributed by atoms with E-state index in [1.807, 2.05) is 0 Å². The van der Waals surface area contributed by atoms with E-state index in [2.05, 4.69) is 285 Å². The molecule has 0 atom stereocenters. The number of hydrogen-bond donors (Lipinski definition) is 0. The monoisotopic (exact) mass is 1060 g/mol. The van der Waals surface area contributed by atoms with Gasteiger partial charge in [0.2, 0.25) is 0 Å². The number of benzene rings is 6. The van der Waals surface area contributed by atoms with Crippen LogP contribution in [0.3, 0.4) is 0 Å². The molecule has 0 radical (unpaired) electrons. The molecule has 0 bridgehead atoms. The molecule has 0 aromatic heterocycles. The molecule has 6 rings (SSSR count). The van der Waals surface area contributed by atoms with E-state index in [0.717, 1.165) is 78.5 Å². The molecule has 76 heavy (non-hydrogen) atoms. The Hall–Kier alpha value is -5.18. The zero-order chi connectivity index (χ0) is 55.5. The summed E-state index contributed by atoms with van der Waals surface area (Å²) in [6.45, 7) is 53.0. The van der Waals surface area contributed by atoms with Gasteiger partial charge in [-0.25, -0.2) is 0 Å². The largest absolute Gasteiger partial charge is 0.372 e. The van der Waals surface area contributed by atoms with Crippen LogP contribution >= 0.6 is 21.6 Å². The predicted molar refractivity (Wildman–Crippen MR) is 343 cm³/mol. The fraction of sp³-hybridized carbons (Fsp3) is 0.471. The van der Waals surface area contributed by atoms with Gasteiger partial charge in [-0.05, 0) is 264 Å². The smallest absolute Gasteiger partial charge is 0.102 e. The summed E-state index contributed by atoms with van der Waals surface area (Å²) in [5.74, 6) is 0. The van der Waals surface area contributed by atoms with Gasteiger partial charge in [-0.15, -0.1) is 0 Å². The van der Waals surface area contributed by atoms with Crippen molar-refractivity contribution in [1.82, 2.24) is 0 Å². The molecule has 0 saturated heterocycles. The Labute approximate surface area is 471 Å². The number of aryl methyl sites for hydroxylation is 6. The molecule has 6 aromatic carbocycles. The van der Waals surface area contributed by atoms with Crippen molar-refractivity contribution in [2.45, 2.75) is 134 Å². The van der Waals surface area contributed by atoms with Crippen LogP contribution in [0.15, 0.2) is 109 Å². The Bertz CT molecular complexity index is 2340. The Morgan fingerprint density at radius 1 is 0.237 bits per heavy atom. The van der Waals surface area contributed by atoms with Gasteiger partial charge in [0.05, 0.1) is 0 Å². The number of nitrogens with zero attached hydrogens (tertiary/aromatic N) is 6. The van der Waals surface area contributed by atoms with Crippen LogP contribution in [0.4, 0.5) is 34.1 Å². The maximum absolute atomic E-state index is 2.49. The number of rotatable bonds is 27. The Kier molecular flexibility index (Phi) is 21.3. The standard InChI is InChI=1S/C68H96N6S2/c1-19-69(20-2)55-31-37-61(49(13)43-55)67(62-38-32-56(44-50(62)14)70(21-3)22-4,63-39-33-57(45-51(63)15)71(23-5)24-6)75-76-68(64-40-34-58(46-52(64)16)72(25-7)26-8,65-41-35-59(47-53(65)17)73(27-9)28-10)66-42-36-60(48-54(66)18)74(29-11)30-12/h31-48H,19-30H2,1-18H3. The van der Waals surface area contributed by atoms with Gasteiger partial charge in [0.1, 0.15) is 9.49 Å². The van der Waals surface area contributed by atoms with E-state index in [0.29, 0.717) is 0 Å². The van der Waals surface area contributed by atoms with Crippen LogP contribution < -0.4 is 29.4 Å². The lowest BCUT2D eigenvalue weighted by molar-refractivity contribution is 0.836. The van der Waals surface area contributed by atoms with Gasteiger partial charge in [-0.3, -0.25) is 0 Å². The third-order valence-corrected chi connectivity index (χ3v) is 20.3. The van der Waals surface area contributed by atoms with E-state index in [1.165, 1.54) is 101 Å². The van der Waals surface area contributed by atoms with Crippen molar-refractivity contribution < 1.29 is 0 Å². The lowest BCUT2D eigenvalue weighted by Crippen LogP contribution is -2.33. The highest BCUT2D eigenvalue weighted by molar-refractivity contribution is 8.77. The maximum atomic E-state index is 2.49. The third kappa shape index (κ3) is 11.8. The Morgan fingerprint density at radius 2 is 0.368 bits per heavy atom. The van der Waals surface area contributed by atoms with Gasteiger partial charge in [0, 0.05) is 113 Å². The minimum absolute atomic E-state index is 0.682. The molecule has 6 nitrogen and oxygen atoms in total. The van der Waals surface area contributed by atoms with Gasteiger partial charge in [-0.1, -0.05) is 58.0 Å². The molecule has 8 heteroatoms. The normalized spacial score (nSPS) is 11.8. The van der Waals surface area contributed by atoms with Crippen LogP contribution in [0.1, 0.15) is 150 Å². The molecule has 0 aliphatic heterocycles. The summed E-state index contributed by atoms with van der Waals surface area (Å²) >= 11 is 0. The van der Waals surface area contributed by atoms with Crippen molar-refractivity contribution in [3.05, 3.63) is 176 Å². The third-order valence-electron chi connectivity index (χ3n) is 16.6. The highest BCUT2D eigenvalue weighted by atomic mass is 33.1. The summed E-state index contributed by atoms with van der Waals surface area (Å²) in [5.41, 5.74) is 23.3. The van der Waals surface area contributed by atoms with E-state index in [-0.39, 0.29) is 0 Å². The van der Waals surface area contributed by atoms with Crippen LogP contribution in [0.25, 0.3) is 0 Å². The summed E-state index contributed by atoms with van der Waals surface area (Å²) < 4.78 is -1.36. The van der Waals surface area contributed by atoms with Gasteiger partial charge >= 0.3 is 0 Å². The minimum atomic E-state index is -0.682. The maximum Gasteiger partial charge on any atom is 0.102 e. The molecular weight excluding hydrogens is 965 g/mol. The van der Waals surface area contributed by atoms with Crippen molar-refractivity contribution in [2.24, 2.45) is 0 Å². The van der Waals surface area contributed by atoms with Crippen LogP contribution in [-0.2, 0) is 9.49 Å². The van der Waals surface area contributed by atoms with E-state index in [4.69, 9.17) is 0 Å². The molecule has 0 aliphatic carbocycles. The van der Waals surface area contributed by atoms with Crippen LogP contribution in [0.2, 0.25) is 0 Å². The zero-order valence-corrected chi connectivity index (χ0v) is 52.0. The lowest BCUT2D eigenvalue weighted by atomic mass is 9.78. The average molecular weight is 1060 g/mol. The zero-order valence-electron chi connectivity index (χ0n) is 50.4. The van der Waals surface area contributed by atoms with E-state index < -0.39 is 9.49 Å². The summed E-state index contributed by atoms with van der Waals surface area (Å²) in [4.78, 5) is 14.9. The van der Waals surface area contributed by atoms with Gasteiger partial charge in [0.25, 0.3) is 0 Å². The second-order valence-corrected chi connectivity index (χ2v) is 23.1. The summed E-state index contributed by atoms with van der Waals surface area (Å²) in [5, 5.41) is 0. The molecule has 0 heterocycles. The fourth-order valence-electron chi connectivity index (χ4n) is 12.2. The van der Waals surface area contributed by atoms with E-state index in [1.54, 1.807) is 0 Å². The second-order valence-electron chi connectivity index (χ2n) is 20.6. The molecule has 0 spiro atoms. The highest BCUT2D eigenvalue weighted by Crippen LogP contribution is 2.65. The molecule has 0 N–H and O–H groups in total. The topological polar surface area (TPSA) is 19.4 Å². The van der Waals surface area contributed by atoms with Gasteiger partial charge in [-0.2, -0.15) is 0 Å². The van der Waals surface area contributed by atoms with E-state index in [9.17, 15) is 0 Å². The molecule has 0 unspecified atom stereocenters. The SMILES string of the molecule is CCN(CC)c1ccc(C(SSC(c2ccc(N(CC)CC)cc2C)(c2ccc(N(CC)CC)cc2C)c2ccc(N(CC)CC)cc2C)(c2ccc(N(CC)CC)cc2C)c2ccc(N(CC)CC)cc2C)c(C)c1. The summed E-state index contributed by atoms with van der Waals surface area (Å²) in [6.07, 6.45) is 0. The molecule has 0 fully saturated rings. The number of hydrogen-bond acceptors (Lipinski definition) is 8. The first kappa shape index (κ1) is 60.1.